The third-order valence-corrected chi connectivity index (χ3v) is 4.26. The van der Waals surface area contributed by atoms with Crippen molar-refractivity contribution in [3.05, 3.63) is 40.8 Å². The monoisotopic (exact) mass is 312 g/mol. The second-order valence-electron chi connectivity index (χ2n) is 4.66. The van der Waals surface area contributed by atoms with Gasteiger partial charge < -0.3 is 5.11 Å². The summed E-state index contributed by atoms with van der Waals surface area (Å²) >= 11 is 0. The maximum absolute atomic E-state index is 14.1. The molecule has 0 atom stereocenters. The number of aryl methyl sites for hydroxylation is 1. The molecular weight excluding hydrogens is 299 g/mol. The molecule has 1 N–H and O–H groups in total. The molecule has 1 aromatic heterocycles. The van der Waals surface area contributed by atoms with E-state index < -0.39 is 26.3 Å². The maximum atomic E-state index is 14.1. The smallest absolute Gasteiger partial charge is 0.220 e. The van der Waals surface area contributed by atoms with Gasteiger partial charge in [-0.1, -0.05) is 0 Å². The number of ketones is 1. The second kappa shape index (κ2) is 4.96. The minimum Gasteiger partial charge on any atom is -0.493 e. The van der Waals surface area contributed by atoms with Crippen LogP contribution in [-0.4, -0.2) is 35.3 Å². The SMILES string of the molecule is Cc1c(C(=O)c2cnn(C)c2O)ccc(S(C)(=O)=O)c1F. The topological polar surface area (TPSA) is 89.3 Å². The predicted octanol–water partition coefficient (Wildman–Crippen LogP) is 1.21. The standard InChI is InChI=1S/C13H13FN2O4S/c1-7-8(4-5-10(11(7)14)21(3,19)20)12(17)9-6-15-16(2)13(9)18/h4-6,18H,1-3H3. The van der Waals surface area contributed by atoms with Gasteiger partial charge in [-0.2, -0.15) is 5.10 Å². The van der Waals surface area contributed by atoms with E-state index in [-0.39, 0.29) is 22.6 Å². The molecular formula is C13H13FN2O4S. The van der Waals surface area contributed by atoms with Crippen LogP contribution >= 0.6 is 0 Å². The molecule has 0 bridgehead atoms. The Morgan fingerprint density at radius 2 is 1.95 bits per heavy atom. The van der Waals surface area contributed by atoms with Gasteiger partial charge >= 0.3 is 0 Å². The number of carbonyl (C=O) groups is 1. The van der Waals surface area contributed by atoms with Crippen LogP contribution in [0, 0.1) is 12.7 Å². The lowest BCUT2D eigenvalue weighted by Crippen LogP contribution is -2.09. The van der Waals surface area contributed by atoms with Crippen molar-refractivity contribution in [2.24, 2.45) is 7.05 Å². The zero-order valence-electron chi connectivity index (χ0n) is 11.6. The van der Waals surface area contributed by atoms with Gasteiger partial charge in [0.2, 0.25) is 5.88 Å². The Bertz CT molecular complexity index is 840. The lowest BCUT2D eigenvalue weighted by Gasteiger charge is -2.08. The number of benzene rings is 1. The summed E-state index contributed by atoms with van der Waals surface area (Å²) in [6, 6.07) is 2.27. The lowest BCUT2D eigenvalue weighted by atomic mass is 10.0. The molecule has 0 aliphatic heterocycles. The number of aromatic nitrogens is 2. The second-order valence-corrected chi connectivity index (χ2v) is 6.64. The molecule has 1 aromatic carbocycles. The van der Waals surface area contributed by atoms with Crippen molar-refractivity contribution < 1.29 is 22.7 Å². The molecule has 0 aliphatic carbocycles. The molecule has 0 radical (unpaired) electrons. The highest BCUT2D eigenvalue weighted by atomic mass is 32.2. The number of hydrogen-bond donors (Lipinski definition) is 1. The quantitative estimate of drug-likeness (QED) is 0.860. The van der Waals surface area contributed by atoms with Gasteiger partial charge in [-0.3, -0.25) is 4.79 Å². The van der Waals surface area contributed by atoms with Crippen LogP contribution in [0.5, 0.6) is 5.88 Å². The first-order valence-electron chi connectivity index (χ1n) is 5.89. The molecule has 6 nitrogen and oxygen atoms in total. The van der Waals surface area contributed by atoms with Crippen molar-refractivity contribution in [3.8, 4) is 5.88 Å². The van der Waals surface area contributed by atoms with E-state index in [4.69, 9.17) is 0 Å². The van der Waals surface area contributed by atoms with E-state index in [1.54, 1.807) is 0 Å². The minimum atomic E-state index is -3.72. The predicted molar refractivity (Wildman–Crippen MR) is 72.6 cm³/mol. The molecule has 2 aromatic rings. The van der Waals surface area contributed by atoms with E-state index in [0.29, 0.717) is 0 Å². The van der Waals surface area contributed by atoms with Crippen LogP contribution < -0.4 is 0 Å². The van der Waals surface area contributed by atoms with Gasteiger partial charge in [0, 0.05) is 18.9 Å². The number of aromatic hydroxyl groups is 1. The number of nitrogens with zero attached hydrogens (tertiary/aromatic N) is 2. The van der Waals surface area contributed by atoms with Crippen LogP contribution in [-0.2, 0) is 16.9 Å². The molecule has 0 spiro atoms. The number of hydrogen-bond acceptors (Lipinski definition) is 5. The van der Waals surface area contributed by atoms with Crippen molar-refractivity contribution in [2.45, 2.75) is 11.8 Å². The average molecular weight is 312 g/mol. The maximum Gasteiger partial charge on any atom is 0.220 e. The largest absolute Gasteiger partial charge is 0.493 e. The van der Waals surface area contributed by atoms with Gasteiger partial charge in [0.25, 0.3) is 0 Å². The van der Waals surface area contributed by atoms with E-state index in [1.807, 2.05) is 0 Å². The highest BCUT2D eigenvalue weighted by Gasteiger charge is 2.23. The number of halogens is 1. The van der Waals surface area contributed by atoms with Crippen molar-refractivity contribution in [1.82, 2.24) is 9.78 Å². The van der Waals surface area contributed by atoms with Crippen LogP contribution in [0.3, 0.4) is 0 Å². The van der Waals surface area contributed by atoms with E-state index in [2.05, 4.69) is 5.10 Å². The van der Waals surface area contributed by atoms with Gasteiger partial charge in [-0.05, 0) is 24.6 Å². The first-order chi connectivity index (χ1) is 9.64. The van der Waals surface area contributed by atoms with Gasteiger partial charge in [-0.25, -0.2) is 17.5 Å². The van der Waals surface area contributed by atoms with Crippen LogP contribution in [0.15, 0.2) is 23.2 Å². The molecule has 1 heterocycles. The van der Waals surface area contributed by atoms with Crippen LogP contribution in [0.2, 0.25) is 0 Å². The number of carbonyl (C=O) groups excluding carboxylic acids is 1. The van der Waals surface area contributed by atoms with Gasteiger partial charge in [0.05, 0.1) is 6.20 Å². The number of rotatable bonds is 3. The Labute approximate surface area is 120 Å². The van der Waals surface area contributed by atoms with Gasteiger partial charge in [-0.15, -0.1) is 0 Å². The minimum absolute atomic E-state index is 0.0248. The summed E-state index contributed by atoms with van der Waals surface area (Å²) in [6.07, 6.45) is 2.05. The molecule has 0 saturated carbocycles. The molecule has 2 rings (SSSR count). The molecule has 21 heavy (non-hydrogen) atoms. The Morgan fingerprint density at radius 3 is 2.43 bits per heavy atom. The summed E-state index contributed by atoms with van der Waals surface area (Å²) in [4.78, 5) is 11.8. The highest BCUT2D eigenvalue weighted by Crippen LogP contribution is 2.25. The fraction of sp³-hybridized carbons (Fsp3) is 0.231. The van der Waals surface area contributed by atoms with E-state index in [0.717, 1.165) is 17.0 Å². The fourth-order valence-electron chi connectivity index (χ4n) is 1.93. The highest BCUT2D eigenvalue weighted by molar-refractivity contribution is 7.90. The average Bonchev–Trinajstić information content (AvgIpc) is 2.71. The molecule has 0 aliphatic rings. The molecule has 0 unspecified atom stereocenters. The van der Waals surface area contributed by atoms with Crippen LogP contribution in [0.25, 0.3) is 0 Å². The summed E-state index contributed by atoms with van der Waals surface area (Å²) in [5.41, 5.74) is -0.193. The molecule has 8 heteroatoms. The Kier molecular flexibility index (Phi) is 3.58. The molecule has 0 saturated heterocycles. The zero-order chi connectivity index (χ0) is 15.9. The van der Waals surface area contributed by atoms with Crippen molar-refractivity contribution in [2.75, 3.05) is 6.26 Å². The Balaban J connectivity index is 2.59. The first kappa shape index (κ1) is 15.2. The van der Waals surface area contributed by atoms with Gasteiger partial charge in [0.15, 0.2) is 15.6 Å². The summed E-state index contributed by atoms with van der Waals surface area (Å²) in [5, 5.41) is 13.4. The van der Waals surface area contributed by atoms with E-state index in [9.17, 15) is 22.7 Å². The van der Waals surface area contributed by atoms with Gasteiger partial charge in [0.1, 0.15) is 16.3 Å². The molecule has 112 valence electrons. The fourth-order valence-corrected chi connectivity index (χ4v) is 2.72. The van der Waals surface area contributed by atoms with E-state index in [1.165, 1.54) is 26.2 Å². The first-order valence-corrected chi connectivity index (χ1v) is 7.78. The lowest BCUT2D eigenvalue weighted by molar-refractivity contribution is 0.103. The summed E-state index contributed by atoms with van der Waals surface area (Å²) in [6.45, 7) is 1.31. The zero-order valence-corrected chi connectivity index (χ0v) is 12.4. The summed E-state index contributed by atoms with van der Waals surface area (Å²) in [5.74, 6) is -1.93. The van der Waals surface area contributed by atoms with Crippen molar-refractivity contribution in [3.63, 3.8) is 0 Å². The van der Waals surface area contributed by atoms with Crippen molar-refractivity contribution in [1.29, 1.82) is 0 Å². The number of sulfone groups is 1. The Hall–Kier alpha value is -2.22. The normalized spacial score (nSPS) is 11.6. The third-order valence-electron chi connectivity index (χ3n) is 3.15. The molecule has 0 amide bonds. The Morgan fingerprint density at radius 1 is 1.33 bits per heavy atom. The summed E-state index contributed by atoms with van der Waals surface area (Å²) < 4.78 is 38.1. The van der Waals surface area contributed by atoms with Crippen LogP contribution in [0.4, 0.5) is 4.39 Å². The van der Waals surface area contributed by atoms with Crippen molar-refractivity contribution >= 4 is 15.6 Å². The van der Waals surface area contributed by atoms with Crippen LogP contribution in [0.1, 0.15) is 21.5 Å². The molecule has 0 fully saturated rings. The van der Waals surface area contributed by atoms with E-state index >= 15 is 0 Å². The third kappa shape index (κ3) is 2.54. The summed E-state index contributed by atoms with van der Waals surface area (Å²) in [7, 11) is -2.27.